The second-order valence-electron chi connectivity index (χ2n) is 4.37. The van der Waals surface area contributed by atoms with E-state index in [2.05, 4.69) is 10.2 Å². The van der Waals surface area contributed by atoms with Crippen molar-refractivity contribution >= 4 is 22.8 Å². The van der Waals surface area contributed by atoms with E-state index in [9.17, 15) is 19.8 Å². The molecule has 0 radical (unpaired) electrons. The van der Waals surface area contributed by atoms with E-state index in [1.807, 2.05) is 0 Å². The average Bonchev–Trinajstić information content (AvgIpc) is 2.79. The second-order valence-corrected chi connectivity index (χ2v) is 4.37. The zero-order chi connectivity index (χ0) is 14.9. The highest BCUT2D eigenvalue weighted by atomic mass is 16.4. The topological polar surface area (TPSA) is 150 Å². The van der Waals surface area contributed by atoms with Crippen LogP contribution >= 0.6 is 0 Å². The smallest absolute Gasteiger partial charge is 0.357 e. The number of nitrogens with one attached hydrogen (secondary N) is 1. The molecule has 0 saturated carbocycles. The van der Waals surface area contributed by atoms with Gasteiger partial charge in [0.25, 0.3) is 0 Å². The van der Waals surface area contributed by atoms with Crippen LogP contribution < -0.4 is 5.73 Å². The normalized spacial score (nSPS) is 14.1. The molecule has 2 unspecified atom stereocenters. The highest BCUT2D eigenvalue weighted by Gasteiger charge is 2.22. The van der Waals surface area contributed by atoms with Gasteiger partial charge < -0.3 is 21.1 Å². The lowest BCUT2D eigenvalue weighted by Crippen LogP contribution is -2.25. The summed E-state index contributed by atoms with van der Waals surface area (Å²) in [4.78, 5) is 21.7. The predicted octanol–water partition coefficient (Wildman–Crippen LogP) is -0.469. The fourth-order valence-corrected chi connectivity index (χ4v) is 1.92. The molecule has 20 heavy (non-hydrogen) atoms. The molecule has 0 bridgehead atoms. The Morgan fingerprint density at radius 2 is 2.05 bits per heavy atom. The number of primary amides is 1. The number of nitrogens with two attached hydrogens (primary N) is 1. The number of aliphatic hydroxyl groups excluding tert-OH is 2. The zero-order valence-corrected chi connectivity index (χ0v) is 10.3. The fraction of sp³-hybridized carbons (Fsp3) is 0.250. The van der Waals surface area contributed by atoms with Gasteiger partial charge in [0, 0.05) is 5.39 Å². The predicted molar refractivity (Wildman–Crippen MR) is 67.8 cm³/mol. The van der Waals surface area contributed by atoms with Crippen molar-refractivity contribution in [1.29, 1.82) is 0 Å². The number of aliphatic hydroxyl groups is 2. The maximum Gasteiger partial charge on any atom is 0.357 e. The van der Waals surface area contributed by atoms with E-state index in [-0.39, 0.29) is 11.3 Å². The summed E-state index contributed by atoms with van der Waals surface area (Å²) in [5, 5.41) is 35.1. The van der Waals surface area contributed by atoms with Crippen LogP contribution in [-0.4, -0.2) is 43.5 Å². The number of H-pyrrole nitrogens is 1. The Morgan fingerprint density at radius 1 is 1.35 bits per heavy atom. The molecule has 0 aliphatic rings. The van der Waals surface area contributed by atoms with Gasteiger partial charge in [0.1, 0.15) is 6.10 Å². The number of benzene rings is 1. The van der Waals surface area contributed by atoms with Crippen molar-refractivity contribution in [3.05, 3.63) is 29.5 Å². The zero-order valence-electron chi connectivity index (χ0n) is 10.3. The van der Waals surface area contributed by atoms with Crippen molar-refractivity contribution in [1.82, 2.24) is 10.2 Å². The summed E-state index contributed by atoms with van der Waals surface area (Å²) in [7, 11) is 0. The number of hydrogen-bond acceptors (Lipinski definition) is 5. The van der Waals surface area contributed by atoms with Gasteiger partial charge in [-0.25, -0.2) is 4.79 Å². The first-order valence-corrected chi connectivity index (χ1v) is 5.76. The summed E-state index contributed by atoms with van der Waals surface area (Å²) >= 11 is 0. The lowest BCUT2D eigenvalue weighted by molar-refractivity contribution is -0.121. The standard InChI is InChI=1S/C12H13N3O5/c13-9(17)4-8(16)11(18)5-1-2-7-6(3-5)10(12(19)20)15-14-7/h1-3,8,11,16,18H,4H2,(H2,13,17)(H,14,15)(H,19,20). The number of aromatic nitrogens is 2. The first-order chi connectivity index (χ1) is 9.40. The van der Waals surface area contributed by atoms with E-state index < -0.39 is 30.5 Å². The van der Waals surface area contributed by atoms with Gasteiger partial charge >= 0.3 is 5.97 Å². The molecule has 1 heterocycles. The lowest BCUT2D eigenvalue weighted by Gasteiger charge is -2.16. The van der Waals surface area contributed by atoms with Gasteiger partial charge in [0.05, 0.1) is 18.0 Å². The van der Waals surface area contributed by atoms with Gasteiger partial charge in [-0.2, -0.15) is 5.10 Å². The van der Waals surface area contributed by atoms with Crippen LogP contribution in [0.2, 0.25) is 0 Å². The summed E-state index contributed by atoms with van der Waals surface area (Å²) in [5.74, 6) is -1.95. The number of rotatable bonds is 5. The number of carbonyl (C=O) groups excluding carboxylic acids is 1. The number of carbonyl (C=O) groups is 2. The maximum atomic E-state index is 11.0. The number of carboxylic acids is 1. The van der Waals surface area contributed by atoms with Crippen molar-refractivity contribution in [3.8, 4) is 0 Å². The molecule has 2 atom stereocenters. The highest BCUT2D eigenvalue weighted by molar-refractivity contribution is 6.01. The van der Waals surface area contributed by atoms with E-state index in [1.165, 1.54) is 18.2 Å². The average molecular weight is 279 g/mol. The fourth-order valence-electron chi connectivity index (χ4n) is 1.92. The molecule has 1 aromatic carbocycles. The van der Waals surface area contributed by atoms with Gasteiger partial charge in [-0.1, -0.05) is 6.07 Å². The van der Waals surface area contributed by atoms with Gasteiger partial charge in [-0.05, 0) is 17.7 Å². The Morgan fingerprint density at radius 3 is 2.65 bits per heavy atom. The van der Waals surface area contributed by atoms with Gasteiger partial charge in [-0.3, -0.25) is 9.89 Å². The summed E-state index contributed by atoms with van der Waals surface area (Å²) in [6.45, 7) is 0. The van der Waals surface area contributed by atoms with E-state index in [0.29, 0.717) is 10.9 Å². The van der Waals surface area contributed by atoms with Crippen molar-refractivity contribution < 1.29 is 24.9 Å². The number of aromatic amines is 1. The Bertz CT molecular complexity index is 666. The molecule has 1 aromatic heterocycles. The van der Waals surface area contributed by atoms with Crippen molar-refractivity contribution in [3.63, 3.8) is 0 Å². The summed E-state index contributed by atoms with van der Waals surface area (Å²) < 4.78 is 0. The molecule has 2 aromatic rings. The molecule has 0 fully saturated rings. The minimum Gasteiger partial charge on any atom is -0.476 e. The number of hydrogen-bond donors (Lipinski definition) is 5. The number of fused-ring (bicyclic) bond motifs is 1. The molecule has 6 N–H and O–H groups in total. The highest BCUT2D eigenvalue weighted by Crippen LogP contribution is 2.24. The lowest BCUT2D eigenvalue weighted by atomic mass is 10.00. The SMILES string of the molecule is NC(=O)CC(O)C(O)c1ccc2[nH]nc(C(=O)O)c2c1. The molecule has 0 saturated heterocycles. The van der Waals surface area contributed by atoms with Crippen LogP contribution in [0.15, 0.2) is 18.2 Å². The van der Waals surface area contributed by atoms with Crippen LogP contribution in [0.3, 0.4) is 0 Å². The molecule has 106 valence electrons. The number of carboxylic acid groups (broad SMARTS) is 1. The summed E-state index contributed by atoms with van der Waals surface area (Å²) in [6, 6.07) is 4.43. The van der Waals surface area contributed by atoms with Crippen molar-refractivity contribution in [2.45, 2.75) is 18.6 Å². The minimum atomic E-state index is -1.36. The van der Waals surface area contributed by atoms with Gasteiger partial charge in [0.15, 0.2) is 5.69 Å². The van der Waals surface area contributed by atoms with E-state index in [0.717, 1.165) is 0 Å². The third kappa shape index (κ3) is 2.60. The Kier molecular flexibility index (Phi) is 3.68. The van der Waals surface area contributed by atoms with Gasteiger partial charge in [-0.15, -0.1) is 0 Å². The van der Waals surface area contributed by atoms with E-state index in [1.54, 1.807) is 0 Å². The first-order valence-electron chi connectivity index (χ1n) is 5.76. The molecule has 0 aliphatic carbocycles. The number of amides is 1. The molecule has 8 nitrogen and oxygen atoms in total. The third-order valence-electron chi connectivity index (χ3n) is 2.91. The van der Waals surface area contributed by atoms with Crippen molar-refractivity contribution in [2.75, 3.05) is 0 Å². The van der Waals surface area contributed by atoms with Crippen LogP contribution in [0.5, 0.6) is 0 Å². The molecule has 8 heteroatoms. The third-order valence-corrected chi connectivity index (χ3v) is 2.91. The van der Waals surface area contributed by atoms with E-state index >= 15 is 0 Å². The van der Waals surface area contributed by atoms with Crippen molar-refractivity contribution in [2.24, 2.45) is 5.73 Å². The number of nitrogens with zero attached hydrogens (tertiary/aromatic N) is 1. The Balaban J connectivity index is 2.37. The summed E-state index contributed by atoms with van der Waals surface area (Å²) in [6.07, 6.45) is -3.09. The van der Waals surface area contributed by atoms with Crippen LogP contribution in [0.25, 0.3) is 10.9 Å². The largest absolute Gasteiger partial charge is 0.476 e. The minimum absolute atomic E-state index is 0.182. The second kappa shape index (κ2) is 5.27. The molecule has 0 aliphatic heterocycles. The maximum absolute atomic E-state index is 11.0. The Hall–Kier alpha value is -2.45. The first kappa shape index (κ1) is 14.0. The van der Waals surface area contributed by atoms with Crippen LogP contribution in [0.4, 0.5) is 0 Å². The summed E-state index contributed by atoms with van der Waals surface area (Å²) in [5.41, 5.74) is 5.52. The molecule has 2 rings (SSSR count). The molecular weight excluding hydrogens is 266 g/mol. The van der Waals surface area contributed by atoms with Crippen LogP contribution in [0, 0.1) is 0 Å². The monoisotopic (exact) mass is 279 g/mol. The molecule has 0 spiro atoms. The van der Waals surface area contributed by atoms with Crippen LogP contribution in [0.1, 0.15) is 28.6 Å². The molecular formula is C12H13N3O5. The van der Waals surface area contributed by atoms with E-state index in [4.69, 9.17) is 10.8 Å². The Labute approximate surface area is 112 Å². The number of aromatic carboxylic acids is 1. The molecule has 1 amide bonds. The van der Waals surface area contributed by atoms with Gasteiger partial charge in [0.2, 0.25) is 5.91 Å². The van der Waals surface area contributed by atoms with Crippen LogP contribution in [-0.2, 0) is 4.79 Å². The quantitative estimate of drug-likeness (QED) is 0.499.